The number of nitrogens with one attached hydrogen (secondary N) is 1. The van der Waals surface area contributed by atoms with E-state index >= 15 is 0 Å². The van der Waals surface area contributed by atoms with Crippen LogP contribution in [0.4, 0.5) is 0 Å². The highest BCUT2D eigenvalue weighted by atomic mass is 127. The van der Waals surface area contributed by atoms with Gasteiger partial charge in [-0.05, 0) is 64.6 Å². The van der Waals surface area contributed by atoms with Gasteiger partial charge < -0.3 is 24.8 Å². The topological polar surface area (TPSA) is 60.4 Å². The number of piperidine rings is 1. The van der Waals surface area contributed by atoms with Crippen molar-refractivity contribution in [2.24, 2.45) is 10.9 Å². The van der Waals surface area contributed by atoms with E-state index in [2.05, 4.69) is 29.0 Å². The van der Waals surface area contributed by atoms with Crippen molar-refractivity contribution in [3.63, 3.8) is 0 Å². The number of hydrogen-bond donors (Lipinski definition) is 1. The summed E-state index contributed by atoms with van der Waals surface area (Å²) >= 11 is 0. The molecule has 1 unspecified atom stereocenters. The van der Waals surface area contributed by atoms with Crippen LogP contribution in [0.3, 0.4) is 0 Å². The third kappa shape index (κ3) is 7.54. The van der Waals surface area contributed by atoms with Crippen molar-refractivity contribution in [1.82, 2.24) is 20.0 Å². The number of aliphatic imine (C=N–C) groups is 1. The minimum Gasteiger partial charge on any atom is -0.368 e. The molecule has 1 N–H and O–H groups in total. The Labute approximate surface area is 193 Å². The van der Waals surface area contributed by atoms with Crippen LogP contribution in [0.2, 0.25) is 0 Å². The molecule has 0 aliphatic carbocycles. The summed E-state index contributed by atoms with van der Waals surface area (Å²) in [4.78, 5) is 24.2. The fourth-order valence-electron chi connectivity index (χ4n) is 4.31. The smallest absolute Gasteiger partial charge is 0.251 e. The Morgan fingerprint density at radius 1 is 1.07 bits per heavy atom. The van der Waals surface area contributed by atoms with E-state index in [4.69, 9.17) is 9.73 Å². The maximum atomic E-state index is 12.5. The van der Waals surface area contributed by atoms with Crippen molar-refractivity contribution in [2.45, 2.75) is 52.1 Å². The van der Waals surface area contributed by atoms with E-state index in [0.29, 0.717) is 0 Å². The van der Waals surface area contributed by atoms with E-state index in [1.54, 1.807) is 0 Å². The molecule has 0 aromatic rings. The van der Waals surface area contributed by atoms with Gasteiger partial charge in [0.1, 0.15) is 6.10 Å². The normalized spacial score (nSPS) is 24.5. The van der Waals surface area contributed by atoms with Crippen LogP contribution in [0.25, 0.3) is 0 Å². The highest BCUT2D eigenvalue weighted by molar-refractivity contribution is 14.0. The summed E-state index contributed by atoms with van der Waals surface area (Å²) in [5.74, 6) is 2.06. The van der Waals surface area contributed by atoms with Gasteiger partial charge >= 0.3 is 0 Å². The van der Waals surface area contributed by atoms with Crippen molar-refractivity contribution < 1.29 is 9.53 Å². The number of halogens is 1. The maximum absolute atomic E-state index is 12.5. The van der Waals surface area contributed by atoms with Crippen molar-refractivity contribution >= 4 is 35.8 Å². The average molecular weight is 521 g/mol. The van der Waals surface area contributed by atoms with Crippen molar-refractivity contribution in [2.75, 3.05) is 65.5 Å². The van der Waals surface area contributed by atoms with Gasteiger partial charge in [0, 0.05) is 45.9 Å². The monoisotopic (exact) mass is 521 g/mol. The summed E-state index contributed by atoms with van der Waals surface area (Å²) in [6, 6.07) is 0. The molecule has 0 aromatic carbocycles. The molecular weight excluding hydrogens is 481 g/mol. The number of guanidine groups is 1. The fourth-order valence-corrected chi connectivity index (χ4v) is 4.31. The molecule has 168 valence electrons. The lowest BCUT2D eigenvalue weighted by Gasteiger charge is -2.37. The number of rotatable bonds is 6. The van der Waals surface area contributed by atoms with E-state index in [-0.39, 0.29) is 36.0 Å². The Balaban J connectivity index is 0.00000300. The van der Waals surface area contributed by atoms with Crippen LogP contribution in [0.15, 0.2) is 4.99 Å². The van der Waals surface area contributed by atoms with E-state index in [0.717, 1.165) is 83.6 Å². The van der Waals surface area contributed by atoms with Gasteiger partial charge in [0.25, 0.3) is 5.91 Å². The van der Waals surface area contributed by atoms with Gasteiger partial charge in [-0.2, -0.15) is 0 Å². The first kappa shape index (κ1) is 24.7. The summed E-state index contributed by atoms with van der Waals surface area (Å²) in [5, 5.41) is 3.43. The molecular formula is C21H40IN5O2. The maximum Gasteiger partial charge on any atom is 0.251 e. The van der Waals surface area contributed by atoms with Crippen molar-refractivity contribution in [1.29, 1.82) is 0 Å². The van der Waals surface area contributed by atoms with Crippen LogP contribution in [-0.2, 0) is 9.53 Å². The molecule has 0 aromatic heterocycles. The van der Waals surface area contributed by atoms with Gasteiger partial charge in [-0.3, -0.25) is 9.79 Å². The van der Waals surface area contributed by atoms with Gasteiger partial charge in [0.05, 0.1) is 0 Å². The largest absolute Gasteiger partial charge is 0.368 e. The predicted molar refractivity (Wildman–Crippen MR) is 128 cm³/mol. The second kappa shape index (κ2) is 12.9. The summed E-state index contributed by atoms with van der Waals surface area (Å²) in [6.45, 7) is 13.8. The first-order chi connectivity index (χ1) is 13.7. The minimum absolute atomic E-state index is 0. The number of ether oxygens (including phenoxy) is 1. The highest BCUT2D eigenvalue weighted by Gasteiger charge is 2.30. The molecule has 3 aliphatic heterocycles. The lowest BCUT2D eigenvalue weighted by atomic mass is 9.99. The SMILES string of the molecule is CCNC(=NCCCN1CCC(C)CC1)N1CCN(C(=O)C2CCCO2)CC1.I. The summed E-state index contributed by atoms with van der Waals surface area (Å²) in [6.07, 6.45) is 5.46. The molecule has 1 atom stereocenters. The molecule has 0 radical (unpaired) electrons. The lowest BCUT2D eigenvalue weighted by molar-refractivity contribution is -0.142. The van der Waals surface area contributed by atoms with E-state index < -0.39 is 0 Å². The van der Waals surface area contributed by atoms with Crippen LogP contribution in [0, 0.1) is 5.92 Å². The Morgan fingerprint density at radius 3 is 2.38 bits per heavy atom. The summed E-state index contributed by atoms with van der Waals surface area (Å²) in [5.41, 5.74) is 0. The fraction of sp³-hybridized carbons (Fsp3) is 0.905. The van der Waals surface area contributed by atoms with Gasteiger partial charge in [0.2, 0.25) is 0 Å². The van der Waals surface area contributed by atoms with Crippen LogP contribution in [0.5, 0.6) is 0 Å². The molecule has 0 saturated carbocycles. The van der Waals surface area contributed by atoms with E-state index in [1.165, 1.54) is 25.9 Å². The summed E-state index contributed by atoms with van der Waals surface area (Å²) in [7, 11) is 0. The zero-order chi connectivity index (χ0) is 19.8. The standard InChI is InChI=1S/C21H39N5O2.HI/c1-3-22-21(23-9-5-10-24-11-7-18(2)8-12-24)26-15-13-25(14-16-26)20(27)19-6-4-17-28-19;/h18-19H,3-17H2,1-2H3,(H,22,23);1H. The quantitative estimate of drug-likeness (QED) is 0.251. The first-order valence-corrected chi connectivity index (χ1v) is 11.3. The third-order valence-corrected chi connectivity index (χ3v) is 6.20. The Morgan fingerprint density at radius 2 is 1.76 bits per heavy atom. The number of carbonyl (C=O) groups is 1. The number of likely N-dealkylation sites (tertiary alicyclic amines) is 1. The number of amides is 1. The number of carbonyl (C=O) groups excluding carboxylic acids is 1. The van der Waals surface area contributed by atoms with Gasteiger partial charge in [-0.15, -0.1) is 24.0 Å². The molecule has 3 rings (SSSR count). The van der Waals surface area contributed by atoms with Gasteiger partial charge in [-0.1, -0.05) is 6.92 Å². The Bertz CT molecular complexity index is 511. The Kier molecular flexibility index (Phi) is 11.0. The second-order valence-electron chi connectivity index (χ2n) is 8.43. The zero-order valence-corrected chi connectivity index (χ0v) is 20.6. The first-order valence-electron chi connectivity index (χ1n) is 11.3. The van der Waals surface area contributed by atoms with Crippen LogP contribution in [-0.4, -0.2) is 98.2 Å². The predicted octanol–water partition coefficient (Wildman–Crippen LogP) is 2.02. The molecule has 0 spiro atoms. The summed E-state index contributed by atoms with van der Waals surface area (Å²) < 4.78 is 5.56. The number of hydrogen-bond acceptors (Lipinski definition) is 4. The Hall–Kier alpha value is -0.610. The molecule has 29 heavy (non-hydrogen) atoms. The van der Waals surface area contributed by atoms with Gasteiger partial charge in [0.15, 0.2) is 5.96 Å². The van der Waals surface area contributed by atoms with Crippen LogP contribution < -0.4 is 5.32 Å². The molecule has 3 fully saturated rings. The molecule has 7 nitrogen and oxygen atoms in total. The van der Waals surface area contributed by atoms with E-state index in [9.17, 15) is 4.79 Å². The van der Waals surface area contributed by atoms with E-state index in [1.807, 2.05) is 4.90 Å². The number of piperazine rings is 1. The second-order valence-corrected chi connectivity index (χ2v) is 8.43. The molecule has 3 heterocycles. The minimum atomic E-state index is -0.203. The molecule has 8 heteroatoms. The van der Waals surface area contributed by atoms with Crippen LogP contribution in [0.1, 0.15) is 46.0 Å². The number of nitrogens with zero attached hydrogens (tertiary/aromatic N) is 4. The van der Waals surface area contributed by atoms with Gasteiger partial charge in [-0.25, -0.2) is 0 Å². The van der Waals surface area contributed by atoms with Crippen molar-refractivity contribution in [3.8, 4) is 0 Å². The average Bonchev–Trinajstić information content (AvgIpc) is 3.26. The third-order valence-electron chi connectivity index (χ3n) is 6.20. The molecule has 1 amide bonds. The molecule has 3 aliphatic rings. The van der Waals surface area contributed by atoms with Crippen LogP contribution >= 0.6 is 24.0 Å². The highest BCUT2D eigenvalue weighted by Crippen LogP contribution is 2.17. The molecule has 3 saturated heterocycles. The van der Waals surface area contributed by atoms with Crippen molar-refractivity contribution in [3.05, 3.63) is 0 Å². The molecule has 0 bridgehead atoms. The zero-order valence-electron chi connectivity index (χ0n) is 18.3. The lowest BCUT2D eigenvalue weighted by Crippen LogP contribution is -2.55.